The van der Waals surface area contributed by atoms with Gasteiger partial charge >= 0.3 is 18.2 Å². The molecule has 1 aromatic heterocycles. The Morgan fingerprint density at radius 1 is 1.02 bits per heavy atom. The number of methoxy groups -OCH3 is 1. The van der Waals surface area contributed by atoms with Gasteiger partial charge in [0, 0.05) is 17.1 Å². The molecule has 1 saturated carbocycles. The van der Waals surface area contributed by atoms with E-state index in [0.717, 1.165) is 17.7 Å². The second-order valence-electron chi connectivity index (χ2n) is 12.0. The van der Waals surface area contributed by atoms with Crippen LogP contribution in [0.3, 0.4) is 0 Å². The number of rotatable bonds is 7. The molecule has 1 aliphatic rings. The average Bonchev–Trinajstić information content (AvgIpc) is 2.90. The smallest absolute Gasteiger partial charge is 0.416 e. The monoisotopic (exact) mass is 602 g/mol. The molecule has 1 heterocycles. The number of ether oxygens (including phenoxy) is 2. The molecule has 0 bridgehead atoms. The number of nitrogens with zero attached hydrogens (tertiary/aromatic N) is 2. The van der Waals surface area contributed by atoms with Crippen molar-refractivity contribution in [2.24, 2.45) is 5.92 Å². The molecule has 0 spiro atoms. The average molecular weight is 603 g/mol. The van der Waals surface area contributed by atoms with E-state index in [1.165, 1.54) is 6.07 Å². The van der Waals surface area contributed by atoms with Crippen molar-refractivity contribution in [2.45, 2.75) is 84.0 Å². The van der Waals surface area contributed by atoms with Gasteiger partial charge in [-0.25, -0.2) is 14.8 Å². The highest BCUT2D eigenvalue weighted by Crippen LogP contribution is 2.42. The van der Waals surface area contributed by atoms with Gasteiger partial charge in [-0.05, 0) is 102 Å². The van der Waals surface area contributed by atoms with Crippen LogP contribution in [0.2, 0.25) is 0 Å². The van der Waals surface area contributed by atoms with Crippen molar-refractivity contribution in [1.29, 1.82) is 0 Å². The van der Waals surface area contributed by atoms with Gasteiger partial charge in [0.15, 0.2) is 0 Å². The normalized spacial score (nSPS) is 18.2. The molecule has 232 valence electrons. The third-order valence-electron chi connectivity index (χ3n) is 7.46. The third kappa shape index (κ3) is 7.85. The third-order valence-corrected chi connectivity index (χ3v) is 7.46. The van der Waals surface area contributed by atoms with Gasteiger partial charge in [-0.3, -0.25) is 10.1 Å². The summed E-state index contributed by atoms with van der Waals surface area (Å²) in [4.78, 5) is 32.9. The highest BCUT2D eigenvalue weighted by atomic mass is 19.4. The number of benzene rings is 2. The molecule has 1 aliphatic carbocycles. The number of aryl methyl sites for hydroxylation is 1. The number of carboxylic acid groups (broad SMARTS) is 1. The van der Waals surface area contributed by atoms with Crippen LogP contribution in [0.15, 0.2) is 30.3 Å². The van der Waals surface area contributed by atoms with Crippen LogP contribution in [-0.4, -0.2) is 39.8 Å². The lowest BCUT2D eigenvalue weighted by Gasteiger charge is -2.28. The van der Waals surface area contributed by atoms with E-state index in [9.17, 15) is 27.9 Å². The minimum absolute atomic E-state index is 0.0552. The molecule has 0 saturated heterocycles. The van der Waals surface area contributed by atoms with Crippen molar-refractivity contribution < 1.29 is 37.3 Å². The zero-order valence-corrected chi connectivity index (χ0v) is 25.1. The molecule has 1 fully saturated rings. The number of halogens is 3. The molecule has 43 heavy (non-hydrogen) atoms. The highest BCUT2D eigenvalue weighted by Gasteiger charge is 2.33. The Labute approximate surface area is 248 Å². The predicted molar refractivity (Wildman–Crippen MR) is 157 cm³/mol. The van der Waals surface area contributed by atoms with Gasteiger partial charge in [0.2, 0.25) is 0 Å². The number of amides is 1. The van der Waals surface area contributed by atoms with Gasteiger partial charge < -0.3 is 19.9 Å². The van der Waals surface area contributed by atoms with Gasteiger partial charge in [0.25, 0.3) is 0 Å². The number of hydrogen-bond donors (Lipinski definition) is 3. The molecule has 1 amide bonds. The van der Waals surface area contributed by atoms with Crippen LogP contribution >= 0.6 is 0 Å². The lowest BCUT2D eigenvalue weighted by Crippen LogP contribution is -2.27. The van der Waals surface area contributed by atoms with Gasteiger partial charge in [0.1, 0.15) is 23.0 Å². The molecule has 12 heteroatoms. The summed E-state index contributed by atoms with van der Waals surface area (Å²) in [5, 5.41) is 15.7. The zero-order chi connectivity index (χ0) is 31.7. The minimum atomic E-state index is -4.65. The second-order valence-corrected chi connectivity index (χ2v) is 12.0. The highest BCUT2D eigenvalue weighted by molar-refractivity contribution is 5.91. The van der Waals surface area contributed by atoms with Crippen molar-refractivity contribution in [3.05, 3.63) is 52.8 Å². The molecule has 0 radical (unpaired) electrons. The Morgan fingerprint density at radius 3 is 2.28 bits per heavy atom. The molecule has 9 nitrogen and oxygen atoms in total. The molecule has 0 aliphatic heterocycles. The van der Waals surface area contributed by atoms with Crippen LogP contribution < -0.4 is 15.4 Å². The van der Waals surface area contributed by atoms with Crippen LogP contribution in [-0.2, 0) is 15.7 Å². The first-order valence-electron chi connectivity index (χ1n) is 14.1. The summed E-state index contributed by atoms with van der Waals surface area (Å²) < 4.78 is 52.4. The number of carbonyl (C=O) groups is 2. The topological polar surface area (TPSA) is 123 Å². The first-order valence-corrected chi connectivity index (χ1v) is 14.1. The number of fused-ring (bicyclic) bond motifs is 1. The number of carboxylic acids is 1. The summed E-state index contributed by atoms with van der Waals surface area (Å²) in [5.41, 5.74) is -0.0287. The Balaban J connectivity index is 1.69. The molecule has 3 N–H and O–H groups in total. The Hall–Kier alpha value is -4.09. The van der Waals surface area contributed by atoms with Gasteiger partial charge in [-0.15, -0.1) is 0 Å². The van der Waals surface area contributed by atoms with Gasteiger partial charge in [-0.2, -0.15) is 13.2 Å². The zero-order valence-electron chi connectivity index (χ0n) is 25.1. The fraction of sp³-hybridized carbons (Fsp3) is 0.484. The molecule has 0 unspecified atom stereocenters. The van der Waals surface area contributed by atoms with E-state index in [-0.39, 0.29) is 23.1 Å². The number of nitrogens with one attached hydrogen (secondary N) is 2. The van der Waals surface area contributed by atoms with E-state index in [0.29, 0.717) is 54.0 Å². The summed E-state index contributed by atoms with van der Waals surface area (Å²) in [6.07, 6.45) is -3.03. The summed E-state index contributed by atoms with van der Waals surface area (Å²) in [6, 6.07) is 6.44. The van der Waals surface area contributed by atoms with E-state index < -0.39 is 35.4 Å². The van der Waals surface area contributed by atoms with Crippen molar-refractivity contribution in [3.63, 3.8) is 0 Å². The Bertz CT molecular complexity index is 1510. The van der Waals surface area contributed by atoms with Crippen molar-refractivity contribution in [2.75, 3.05) is 17.7 Å². The van der Waals surface area contributed by atoms with E-state index >= 15 is 0 Å². The standard InChI is InChI=1S/C31H37F3N4O5/c1-16(20-11-21(31(32,33)34)13-22(12-20)38-29(41)43-30(3,4)5)35-27-24-14-23(18-7-9-19(10-8-18)28(39)40)26(42-6)15-25(24)36-17(2)37-27/h11-16,18-19H,7-10H2,1-6H3,(H,38,41)(H,39,40)(H,35,36,37)/t16-,18-,19-/m1/s1. The number of carbonyl (C=O) groups excluding carboxylic acids is 1. The first kappa shape index (κ1) is 31.8. The lowest BCUT2D eigenvalue weighted by atomic mass is 9.78. The van der Waals surface area contributed by atoms with Crippen LogP contribution in [0.25, 0.3) is 10.9 Å². The number of alkyl halides is 3. The fourth-order valence-electron chi connectivity index (χ4n) is 5.39. The molecule has 3 aromatic rings. The summed E-state index contributed by atoms with van der Waals surface area (Å²) >= 11 is 0. The lowest BCUT2D eigenvalue weighted by molar-refractivity contribution is -0.143. The SMILES string of the molecule is COc1cc2nc(C)nc(N[C@H](C)c3cc(NC(=O)OC(C)(C)C)cc(C(F)(F)F)c3)c2cc1[C@H]1CC[C@H](C(=O)O)CC1. The Kier molecular flexibility index (Phi) is 9.08. The largest absolute Gasteiger partial charge is 0.496 e. The molecular formula is C31H37F3N4O5. The van der Waals surface area contributed by atoms with Crippen molar-refractivity contribution in [1.82, 2.24) is 9.97 Å². The number of anilines is 2. The van der Waals surface area contributed by atoms with E-state index in [2.05, 4.69) is 20.6 Å². The molecule has 4 rings (SSSR count). The van der Waals surface area contributed by atoms with Crippen LogP contribution in [0.1, 0.15) is 87.9 Å². The second kappa shape index (κ2) is 12.3. The van der Waals surface area contributed by atoms with Crippen LogP contribution in [0.5, 0.6) is 5.75 Å². The van der Waals surface area contributed by atoms with E-state index in [4.69, 9.17) is 9.47 Å². The Morgan fingerprint density at radius 2 is 1.70 bits per heavy atom. The van der Waals surface area contributed by atoms with E-state index in [1.54, 1.807) is 41.7 Å². The first-order chi connectivity index (χ1) is 20.0. The number of aliphatic carboxylic acids is 1. The maximum Gasteiger partial charge on any atom is 0.416 e. The maximum absolute atomic E-state index is 13.8. The van der Waals surface area contributed by atoms with Crippen molar-refractivity contribution in [3.8, 4) is 5.75 Å². The summed E-state index contributed by atoms with van der Waals surface area (Å²) in [6.45, 7) is 8.40. The molecule has 2 aromatic carbocycles. The fourth-order valence-corrected chi connectivity index (χ4v) is 5.39. The minimum Gasteiger partial charge on any atom is -0.496 e. The quantitative estimate of drug-likeness (QED) is 0.250. The number of aromatic nitrogens is 2. The molecular weight excluding hydrogens is 565 g/mol. The summed E-state index contributed by atoms with van der Waals surface area (Å²) in [7, 11) is 1.57. The van der Waals surface area contributed by atoms with Crippen LogP contribution in [0, 0.1) is 12.8 Å². The molecule has 1 atom stereocenters. The summed E-state index contributed by atoms with van der Waals surface area (Å²) in [5.74, 6) is 0.444. The predicted octanol–water partition coefficient (Wildman–Crippen LogP) is 7.84. The number of hydrogen-bond acceptors (Lipinski definition) is 7. The van der Waals surface area contributed by atoms with Gasteiger partial charge in [0.05, 0.1) is 30.1 Å². The van der Waals surface area contributed by atoms with Crippen LogP contribution in [0.4, 0.5) is 29.5 Å². The van der Waals surface area contributed by atoms with Gasteiger partial charge in [-0.1, -0.05) is 0 Å². The van der Waals surface area contributed by atoms with E-state index in [1.807, 2.05) is 12.1 Å². The van der Waals surface area contributed by atoms with Crippen molar-refractivity contribution >= 4 is 34.5 Å². The maximum atomic E-state index is 13.8.